The molecule has 166 valence electrons. The highest BCUT2D eigenvalue weighted by Gasteiger charge is 2.22. The minimum Gasteiger partial charge on any atom is -0.355 e. The minimum atomic E-state index is -0.288. The van der Waals surface area contributed by atoms with Crippen molar-refractivity contribution in [3.8, 4) is 17.1 Å². The highest BCUT2D eigenvalue weighted by atomic mass is 32.2. The number of carbonyl (C=O) groups excluding carboxylic acids is 1. The van der Waals surface area contributed by atoms with Crippen LogP contribution in [-0.2, 0) is 4.79 Å². The number of amides is 1. The number of nitrogens with one attached hydrogen (secondary N) is 1. The van der Waals surface area contributed by atoms with Crippen molar-refractivity contribution >= 4 is 17.7 Å². The van der Waals surface area contributed by atoms with Crippen LogP contribution in [0.4, 0.5) is 0 Å². The number of carbonyl (C=O) groups is 1. The van der Waals surface area contributed by atoms with Crippen LogP contribution in [0, 0.1) is 6.92 Å². The number of benzene rings is 1. The molecular weight excluding hydrogens is 418 g/mol. The molecule has 1 N–H and O–H groups in total. The molecule has 0 fully saturated rings. The van der Waals surface area contributed by atoms with Gasteiger partial charge in [0.1, 0.15) is 0 Å². The smallest absolute Gasteiger partial charge is 0.233 e. The Morgan fingerprint density at radius 2 is 2.06 bits per heavy atom. The number of thioether (sulfide) groups is 1. The topological polar surface area (TPSA) is 72.7 Å². The molecule has 0 saturated carbocycles. The summed E-state index contributed by atoms with van der Waals surface area (Å²) in [6, 6.07) is 12.0. The van der Waals surface area contributed by atoms with Gasteiger partial charge in [-0.25, -0.2) is 0 Å². The van der Waals surface area contributed by atoms with Crippen LogP contribution in [0.15, 0.2) is 65.6 Å². The molecule has 7 heteroatoms. The van der Waals surface area contributed by atoms with Crippen LogP contribution in [-0.4, -0.2) is 37.5 Å². The largest absolute Gasteiger partial charge is 0.355 e. The summed E-state index contributed by atoms with van der Waals surface area (Å²) in [5, 5.41) is 12.4. The van der Waals surface area contributed by atoms with Crippen LogP contribution >= 0.6 is 11.8 Å². The zero-order valence-corrected chi connectivity index (χ0v) is 19.4. The number of allylic oxidation sites excluding steroid dienone is 1. The highest BCUT2D eigenvalue weighted by Crippen LogP contribution is 2.31. The number of aryl methyl sites for hydroxylation is 1. The summed E-state index contributed by atoms with van der Waals surface area (Å²) < 4.78 is 2.02. The van der Waals surface area contributed by atoms with Gasteiger partial charge in [0.25, 0.3) is 0 Å². The summed E-state index contributed by atoms with van der Waals surface area (Å²) in [5.74, 6) is 0.736. The van der Waals surface area contributed by atoms with E-state index in [0.717, 1.165) is 29.7 Å². The van der Waals surface area contributed by atoms with Crippen molar-refractivity contribution in [2.45, 2.75) is 56.4 Å². The first-order chi connectivity index (χ1) is 15.6. The maximum atomic E-state index is 12.8. The van der Waals surface area contributed by atoms with Crippen molar-refractivity contribution in [1.82, 2.24) is 25.1 Å². The number of hydrogen-bond donors (Lipinski definition) is 1. The summed E-state index contributed by atoms with van der Waals surface area (Å²) in [4.78, 5) is 17.0. The van der Waals surface area contributed by atoms with Gasteiger partial charge in [-0.2, -0.15) is 0 Å². The molecule has 0 spiro atoms. The van der Waals surface area contributed by atoms with Gasteiger partial charge in [0.05, 0.1) is 10.9 Å². The number of rotatable bonds is 8. The van der Waals surface area contributed by atoms with Crippen molar-refractivity contribution in [2.24, 2.45) is 0 Å². The number of hydrogen-bond acceptors (Lipinski definition) is 5. The molecule has 3 aromatic rings. The third-order valence-electron chi connectivity index (χ3n) is 5.69. The Labute approximate surface area is 193 Å². The average Bonchev–Trinajstić information content (AvgIpc) is 3.23. The van der Waals surface area contributed by atoms with E-state index in [1.54, 1.807) is 12.4 Å². The molecule has 0 saturated heterocycles. The Bertz CT molecular complexity index is 1090. The third kappa shape index (κ3) is 5.27. The molecule has 0 aliphatic heterocycles. The first-order valence-corrected chi connectivity index (χ1v) is 12.1. The Balaban J connectivity index is 1.51. The molecule has 2 aromatic heterocycles. The molecule has 32 heavy (non-hydrogen) atoms. The van der Waals surface area contributed by atoms with Gasteiger partial charge in [0.2, 0.25) is 5.91 Å². The Morgan fingerprint density at radius 3 is 2.81 bits per heavy atom. The van der Waals surface area contributed by atoms with E-state index in [4.69, 9.17) is 0 Å². The molecule has 2 heterocycles. The molecule has 1 atom stereocenters. The van der Waals surface area contributed by atoms with E-state index in [0.29, 0.717) is 17.5 Å². The van der Waals surface area contributed by atoms with Crippen LogP contribution in [0.5, 0.6) is 0 Å². The summed E-state index contributed by atoms with van der Waals surface area (Å²) >= 11 is 1.43. The van der Waals surface area contributed by atoms with Gasteiger partial charge in [-0.05, 0) is 69.7 Å². The summed E-state index contributed by atoms with van der Waals surface area (Å²) in [6.45, 7) is 4.66. The van der Waals surface area contributed by atoms with Gasteiger partial charge < -0.3 is 5.32 Å². The van der Waals surface area contributed by atoms with Crippen molar-refractivity contribution in [1.29, 1.82) is 0 Å². The van der Waals surface area contributed by atoms with E-state index < -0.39 is 0 Å². The second-order valence-corrected chi connectivity index (χ2v) is 9.39. The zero-order chi connectivity index (χ0) is 22.3. The summed E-state index contributed by atoms with van der Waals surface area (Å²) in [5.41, 5.74) is 4.46. The number of para-hydroxylation sites is 1. The monoisotopic (exact) mass is 447 g/mol. The first-order valence-electron chi connectivity index (χ1n) is 11.2. The van der Waals surface area contributed by atoms with E-state index in [-0.39, 0.29) is 11.2 Å². The fourth-order valence-corrected chi connectivity index (χ4v) is 4.78. The Morgan fingerprint density at radius 1 is 1.19 bits per heavy atom. The van der Waals surface area contributed by atoms with E-state index in [1.165, 1.54) is 36.6 Å². The van der Waals surface area contributed by atoms with Gasteiger partial charge in [-0.15, -0.1) is 10.2 Å². The van der Waals surface area contributed by atoms with Gasteiger partial charge in [-0.1, -0.05) is 41.6 Å². The molecule has 0 radical (unpaired) electrons. The third-order valence-corrected chi connectivity index (χ3v) is 6.73. The minimum absolute atomic E-state index is 0.0219. The SMILES string of the molecule is Cc1ccccc1-n1c(SC(C)C(=O)NCCC2=CCCCC2)nnc1-c1cccnc1. The van der Waals surface area contributed by atoms with Gasteiger partial charge in [-0.3, -0.25) is 14.3 Å². The molecule has 4 rings (SSSR count). The van der Waals surface area contributed by atoms with Crippen molar-refractivity contribution in [2.75, 3.05) is 6.54 Å². The van der Waals surface area contributed by atoms with Crippen LogP contribution < -0.4 is 5.32 Å². The summed E-state index contributed by atoms with van der Waals surface area (Å²) in [6.07, 6.45) is 11.7. The van der Waals surface area contributed by atoms with E-state index in [1.807, 2.05) is 41.8 Å². The van der Waals surface area contributed by atoms with E-state index in [9.17, 15) is 4.79 Å². The maximum absolute atomic E-state index is 12.8. The standard InChI is InChI=1S/C25H29N5OS/c1-18-9-6-7-13-22(18)30-23(21-12-8-15-26-17-21)28-29-25(30)32-19(2)24(31)27-16-14-20-10-4-3-5-11-20/h6-10,12-13,15,17,19H,3-5,11,14,16H2,1-2H3,(H,27,31). The lowest BCUT2D eigenvalue weighted by Gasteiger charge is -2.16. The predicted octanol–water partition coefficient (Wildman–Crippen LogP) is 5.13. The van der Waals surface area contributed by atoms with Crippen molar-refractivity contribution < 1.29 is 4.79 Å². The highest BCUT2D eigenvalue weighted by molar-refractivity contribution is 8.00. The van der Waals surface area contributed by atoms with Gasteiger partial charge in [0.15, 0.2) is 11.0 Å². The fraction of sp³-hybridized carbons (Fsp3) is 0.360. The van der Waals surface area contributed by atoms with Crippen LogP contribution in [0.2, 0.25) is 0 Å². The molecular formula is C25H29N5OS. The number of aromatic nitrogens is 4. The lowest BCUT2D eigenvalue weighted by atomic mass is 9.97. The Hall–Kier alpha value is -2.93. The predicted molar refractivity (Wildman–Crippen MR) is 129 cm³/mol. The summed E-state index contributed by atoms with van der Waals surface area (Å²) in [7, 11) is 0. The molecule has 1 aliphatic rings. The first kappa shape index (κ1) is 22.3. The normalized spacial score (nSPS) is 14.6. The lowest BCUT2D eigenvalue weighted by Crippen LogP contribution is -2.32. The van der Waals surface area contributed by atoms with Crippen LogP contribution in [0.25, 0.3) is 17.1 Å². The Kier molecular flexibility index (Phi) is 7.37. The zero-order valence-electron chi connectivity index (χ0n) is 18.6. The van der Waals surface area contributed by atoms with E-state index in [2.05, 4.69) is 39.6 Å². The quantitative estimate of drug-likeness (QED) is 0.383. The number of pyridine rings is 1. The maximum Gasteiger partial charge on any atom is 0.233 e. The average molecular weight is 448 g/mol. The number of nitrogens with zero attached hydrogens (tertiary/aromatic N) is 4. The molecule has 1 aliphatic carbocycles. The van der Waals surface area contributed by atoms with Gasteiger partial charge in [0, 0.05) is 24.5 Å². The fourth-order valence-electron chi connectivity index (χ4n) is 3.89. The van der Waals surface area contributed by atoms with Gasteiger partial charge >= 0.3 is 0 Å². The second kappa shape index (κ2) is 10.6. The van der Waals surface area contributed by atoms with Crippen LogP contribution in [0.1, 0.15) is 44.6 Å². The van der Waals surface area contributed by atoms with Crippen molar-refractivity contribution in [3.05, 3.63) is 66.0 Å². The van der Waals surface area contributed by atoms with Crippen LogP contribution in [0.3, 0.4) is 0 Å². The second-order valence-electron chi connectivity index (χ2n) is 8.08. The lowest BCUT2D eigenvalue weighted by molar-refractivity contribution is -0.120. The van der Waals surface area contributed by atoms with E-state index >= 15 is 0 Å². The molecule has 0 bridgehead atoms. The molecule has 1 amide bonds. The molecule has 6 nitrogen and oxygen atoms in total. The molecule has 1 aromatic carbocycles. The molecule has 1 unspecified atom stereocenters. The van der Waals surface area contributed by atoms with Crippen molar-refractivity contribution in [3.63, 3.8) is 0 Å².